The summed E-state index contributed by atoms with van der Waals surface area (Å²) in [6, 6.07) is 33.5. The molecule has 0 aliphatic rings. The predicted molar refractivity (Wildman–Crippen MR) is 151 cm³/mol. The van der Waals surface area contributed by atoms with Gasteiger partial charge in [-0.3, -0.25) is 0 Å². The molecule has 3 nitrogen and oxygen atoms in total. The van der Waals surface area contributed by atoms with Gasteiger partial charge in [-0.2, -0.15) is 0 Å². The molecule has 0 atom stereocenters. The molecule has 0 aliphatic heterocycles. The van der Waals surface area contributed by atoms with E-state index in [9.17, 15) is 8.42 Å². The number of hydrogen-bond donors (Lipinski definition) is 0. The average Bonchev–Trinajstić information content (AvgIpc) is 2.84. The molecule has 180 valence electrons. The van der Waals surface area contributed by atoms with E-state index in [2.05, 4.69) is 0 Å². The zero-order valence-electron chi connectivity index (χ0n) is 20.5. The summed E-state index contributed by atoms with van der Waals surface area (Å²) in [7, 11) is -4.09. The summed E-state index contributed by atoms with van der Waals surface area (Å²) in [6.45, 7) is 4.12. The van der Waals surface area contributed by atoms with Crippen molar-refractivity contribution in [3.8, 4) is 0 Å². The maximum atomic E-state index is 13.7. The third-order valence-electron chi connectivity index (χ3n) is 6.48. The van der Waals surface area contributed by atoms with Crippen molar-refractivity contribution in [2.45, 2.75) is 20.8 Å². The third kappa shape index (κ3) is 5.01. The molecule has 0 aromatic heterocycles. The van der Waals surface area contributed by atoms with Crippen LogP contribution in [0.3, 0.4) is 0 Å². The van der Waals surface area contributed by atoms with Crippen molar-refractivity contribution in [2.75, 3.05) is 6.66 Å². The molecule has 0 radical (unpaired) electrons. The molecular weight excluding hydrogens is 471 g/mol. The van der Waals surface area contributed by atoms with Crippen molar-refractivity contribution in [3.05, 3.63) is 131 Å². The van der Waals surface area contributed by atoms with Crippen LogP contribution in [-0.4, -0.2) is 15.1 Å². The van der Waals surface area contributed by atoms with Crippen LogP contribution in [0.2, 0.25) is 0 Å². The molecule has 0 fully saturated rings. The van der Waals surface area contributed by atoms with Crippen LogP contribution < -0.4 is 15.9 Å². The first-order valence-electron chi connectivity index (χ1n) is 11.5. The molecule has 0 aliphatic carbocycles. The molecular formula is C30H31O3PS. The minimum atomic E-state index is -4.09. The Hall–Kier alpha value is -3.04. The van der Waals surface area contributed by atoms with E-state index in [4.69, 9.17) is 3.97 Å². The monoisotopic (exact) mass is 502 g/mol. The van der Waals surface area contributed by atoms with Gasteiger partial charge in [0.25, 0.3) is 0 Å². The van der Waals surface area contributed by atoms with Crippen LogP contribution in [0.5, 0.6) is 0 Å². The molecule has 0 bridgehead atoms. The molecule has 4 aromatic rings. The van der Waals surface area contributed by atoms with Crippen LogP contribution in [0.25, 0.3) is 6.08 Å². The van der Waals surface area contributed by atoms with Gasteiger partial charge < -0.3 is 0 Å². The summed E-state index contributed by atoms with van der Waals surface area (Å²) in [5.41, 5.74) is 4.08. The van der Waals surface area contributed by atoms with Crippen LogP contribution in [0.1, 0.15) is 22.3 Å². The molecule has 0 saturated carbocycles. The normalized spacial score (nSPS) is 13.4. The Labute approximate surface area is 209 Å². The van der Waals surface area contributed by atoms with E-state index in [0.717, 1.165) is 38.2 Å². The van der Waals surface area contributed by atoms with E-state index in [0.29, 0.717) is 0 Å². The van der Waals surface area contributed by atoms with E-state index in [1.54, 1.807) is 6.08 Å². The van der Waals surface area contributed by atoms with Gasteiger partial charge in [0.2, 0.25) is 0 Å². The van der Waals surface area contributed by atoms with Crippen molar-refractivity contribution in [1.29, 1.82) is 0 Å². The van der Waals surface area contributed by atoms with E-state index >= 15 is 0 Å². The maximum absolute atomic E-state index is 13.7. The van der Waals surface area contributed by atoms with Crippen LogP contribution in [-0.2, 0) is 14.1 Å². The third-order valence-corrected chi connectivity index (χ3v) is 13.9. The SMILES string of the molecule is Cc1ccc(P(C)(OS(=O)(=O)C=Cc2ccccc2)(c2ccc(C)cc2)c2ccc(C)cc2)cc1. The van der Waals surface area contributed by atoms with Gasteiger partial charge in [0.15, 0.2) is 0 Å². The summed E-state index contributed by atoms with van der Waals surface area (Å²) >= 11 is 0. The quantitative estimate of drug-likeness (QED) is 0.291. The van der Waals surface area contributed by atoms with Crippen LogP contribution >= 0.6 is 6.83 Å². The first kappa shape index (κ1) is 25.1. The molecule has 0 saturated heterocycles. The summed E-state index contributed by atoms with van der Waals surface area (Å²) in [5.74, 6) is 0. The molecule has 0 amide bonds. The molecule has 0 unspecified atom stereocenters. The van der Waals surface area contributed by atoms with Crippen molar-refractivity contribution < 1.29 is 12.4 Å². The zero-order chi connectivity index (χ0) is 25.1. The topological polar surface area (TPSA) is 43.4 Å². The second kappa shape index (κ2) is 9.54. The second-order valence-corrected chi connectivity index (χ2v) is 15.6. The van der Waals surface area contributed by atoms with Gasteiger partial charge in [-0.25, -0.2) is 0 Å². The molecule has 0 N–H and O–H groups in total. The van der Waals surface area contributed by atoms with Crippen LogP contribution in [0, 0.1) is 20.8 Å². The first-order valence-corrected chi connectivity index (χ1v) is 15.6. The van der Waals surface area contributed by atoms with Crippen molar-refractivity contribution in [3.63, 3.8) is 0 Å². The summed E-state index contributed by atoms with van der Waals surface area (Å²) in [6.07, 6.45) is 1.58. The minimum absolute atomic E-state index is 0.789. The number of benzene rings is 4. The van der Waals surface area contributed by atoms with E-state index in [-0.39, 0.29) is 0 Å². The Morgan fingerprint density at radius 1 is 0.600 bits per heavy atom. The van der Waals surface area contributed by atoms with Gasteiger partial charge >= 0.3 is 210 Å². The Balaban J connectivity index is 2.01. The fourth-order valence-corrected chi connectivity index (χ4v) is 11.4. The standard InChI is InChI=1S/C30H31O3PS/c1-24-10-16-28(17-11-24)34(4,29-18-12-25(2)13-19-29,30-20-14-26(3)15-21-30)33-35(31,32)23-22-27-8-6-5-7-9-27/h5-23H,1-4H3. The summed E-state index contributed by atoms with van der Waals surface area (Å²) in [4.78, 5) is 0. The van der Waals surface area contributed by atoms with Crippen molar-refractivity contribution in [2.24, 2.45) is 0 Å². The predicted octanol–water partition coefficient (Wildman–Crippen LogP) is 6.00. The van der Waals surface area contributed by atoms with Crippen LogP contribution in [0.15, 0.2) is 109 Å². The Kier molecular flexibility index (Phi) is 6.83. The van der Waals surface area contributed by atoms with Crippen molar-refractivity contribution in [1.82, 2.24) is 0 Å². The summed E-state index contributed by atoms with van der Waals surface area (Å²) < 4.78 is 33.9. The summed E-state index contributed by atoms with van der Waals surface area (Å²) in [5, 5.41) is 3.73. The fraction of sp³-hybridized carbons (Fsp3) is 0.133. The Bertz CT molecular complexity index is 1330. The Morgan fingerprint density at radius 2 is 0.971 bits per heavy atom. The van der Waals surface area contributed by atoms with Gasteiger partial charge in [0.05, 0.1) is 0 Å². The number of aryl methyl sites for hydroxylation is 3. The van der Waals surface area contributed by atoms with Gasteiger partial charge in [-0.05, 0) is 0 Å². The van der Waals surface area contributed by atoms with E-state index in [1.807, 2.05) is 131 Å². The molecule has 0 heterocycles. The average molecular weight is 503 g/mol. The molecule has 4 rings (SSSR count). The Morgan fingerprint density at radius 3 is 1.34 bits per heavy atom. The van der Waals surface area contributed by atoms with E-state index < -0.39 is 16.9 Å². The first-order chi connectivity index (χ1) is 16.6. The molecule has 4 aromatic carbocycles. The molecule has 35 heavy (non-hydrogen) atoms. The fourth-order valence-electron chi connectivity index (χ4n) is 4.30. The molecule has 5 heteroatoms. The van der Waals surface area contributed by atoms with Gasteiger partial charge in [-0.1, -0.05) is 0 Å². The van der Waals surface area contributed by atoms with Gasteiger partial charge in [0.1, 0.15) is 0 Å². The van der Waals surface area contributed by atoms with E-state index in [1.165, 1.54) is 5.41 Å². The number of hydrogen-bond acceptors (Lipinski definition) is 3. The van der Waals surface area contributed by atoms with Crippen LogP contribution in [0.4, 0.5) is 0 Å². The zero-order valence-corrected chi connectivity index (χ0v) is 22.3. The van der Waals surface area contributed by atoms with Gasteiger partial charge in [0, 0.05) is 0 Å². The second-order valence-electron chi connectivity index (χ2n) is 9.25. The molecule has 0 spiro atoms. The van der Waals surface area contributed by atoms with Crippen molar-refractivity contribution >= 4 is 38.9 Å². The number of rotatable bonds is 7. The van der Waals surface area contributed by atoms with Gasteiger partial charge in [-0.15, -0.1) is 0 Å².